The summed E-state index contributed by atoms with van der Waals surface area (Å²) in [6.07, 6.45) is 0. The van der Waals surface area contributed by atoms with Gasteiger partial charge < -0.3 is 15.4 Å². The molecule has 8 heteroatoms. The first kappa shape index (κ1) is 21.7. The number of rotatable bonds is 9. The summed E-state index contributed by atoms with van der Waals surface area (Å²) in [5.41, 5.74) is 2.11. The van der Waals surface area contributed by atoms with E-state index in [-0.39, 0.29) is 11.4 Å². The Labute approximate surface area is 167 Å². The monoisotopic (exact) mass is 404 g/mol. The largest absolute Gasteiger partial charge is 0.496 e. The van der Waals surface area contributed by atoms with Gasteiger partial charge in [0.2, 0.25) is 10.0 Å². The van der Waals surface area contributed by atoms with E-state index >= 15 is 0 Å². The number of nitrogens with one attached hydrogen (secondary N) is 3. The first-order chi connectivity index (χ1) is 13.5. The highest BCUT2D eigenvalue weighted by Crippen LogP contribution is 2.20. The van der Waals surface area contributed by atoms with Gasteiger partial charge in [0.05, 0.1) is 18.6 Å². The summed E-state index contributed by atoms with van der Waals surface area (Å²) >= 11 is 0. The Bertz CT molecular complexity index is 884. The molecule has 0 aliphatic carbocycles. The summed E-state index contributed by atoms with van der Waals surface area (Å²) in [4.78, 5) is 4.80. The van der Waals surface area contributed by atoms with Crippen LogP contribution in [0.5, 0.6) is 5.75 Å². The van der Waals surface area contributed by atoms with E-state index in [0.29, 0.717) is 25.6 Å². The maximum Gasteiger partial charge on any atom is 0.240 e. The molecule has 0 aromatic heterocycles. The van der Waals surface area contributed by atoms with Crippen LogP contribution in [0.15, 0.2) is 58.4 Å². The summed E-state index contributed by atoms with van der Waals surface area (Å²) in [6.45, 7) is 5.79. The lowest BCUT2D eigenvalue weighted by Gasteiger charge is -2.13. The van der Waals surface area contributed by atoms with Crippen LogP contribution in [0.2, 0.25) is 0 Å². The molecule has 3 N–H and O–H groups in total. The van der Waals surface area contributed by atoms with E-state index in [4.69, 9.17) is 4.74 Å². The van der Waals surface area contributed by atoms with Crippen molar-refractivity contribution in [1.29, 1.82) is 0 Å². The lowest BCUT2D eigenvalue weighted by Crippen LogP contribution is -2.41. The third-order valence-electron chi connectivity index (χ3n) is 3.96. The van der Waals surface area contributed by atoms with Crippen molar-refractivity contribution in [3.05, 3.63) is 59.7 Å². The molecular weight excluding hydrogens is 376 g/mol. The van der Waals surface area contributed by atoms with Gasteiger partial charge in [-0.25, -0.2) is 18.1 Å². The van der Waals surface area contributed by atoms with Gasteiger partial charge in [0.1, 0.15) is 5.75 Å². The zero-order valence-corrected chi connectivity index (χ0v) is 17.3. The number of aryl methyl sites for hydroxylation is 1. The number of nitrogens with zero attached hydrogens (tertiary/aromatic N) is 1. The number of benzene rings is 2. The topological polar surface area (TPSA) is 91.8 Å². The molecular formula is C20H28N4O3S. The molecule has 28 heavy (non-hydrogen) atoms. The number of methoxy groups -OCH3 is 1. The van der Waals surface area contributed by atoms with Crippen molar-refractivity contribution in [2.75, 3.05) is 26.7 Å². The fraction of sp³-hybridized carbons (Fsp3) is 0.350. The van der Waals surface area contributed by atoms with E-state index in [1.807, 2.05) is 32.0 Å². The number of aliphatic imine (C=N–C) groups is 1. The molecule has 0 amide bonds. The zero-order chi connectivity index (χ0) is 20.4. The maximum atomic E-state index is 12.2. The molecule has 0 bridgehead atoms. The van der Waals surface area contributed by atoms with Crippen molar-refractivity contribution >= 4 is 16.0 Å². The van der Waals surface area contributed by atoms with Crippen molar-refractivity contribution in [2.45, 2.75) is 25.3 Å². The third kappa shape index (κ3) is 6.54. The Hall–Kier alpha value is -2.58. The van der Waals surface area contributed by atoms with Gasteiger partial charge in [0, 0.05) is 25.2 Å². The van der Waals surface area contributed by atoms with Crippen LogP contribution >= 0.6 is 0 Å². The lowest BCUT2D eigenvalue weighted by molar-refractivity contribution is 0.409. The van der Waals surface area contributed by atoms with Crippen LogP contribution in [0.3, 0.4) is 0 Å². The van der Waals surface area contributed by atoms with Crippen LogP contribution in [-0.2, 0) is 16.6 Å². The molecule has 7 nitrogen and oxygen atoms in total. The smallest absolute Gasteiger partial charge is 0.240 e. The summed E-state index contributed by atoms with van der Waals surface area (Å²) in [5, 5.41) is 6.29. The molecule has 0 fully saturated rings. The van der Waals surface area contributed by atoms with Gasteiger partial charge in [0.25, 0.3) is 0 Å². The molecule has 0 radical (unpaired) electrons. The van der Waals surface area contributed by atoms with Gasteiger partial charge >= 0.3 is 0 Å². The molecule has 2 aromatic carbocycles. The highest BCUT2D eigenvalue weighted by atomic mass is 32.2. The first-order valence-electron chi connectivity index (χ1n) is 9.16. The van der Waals surface area contributed by atoms with E-state index in [0.717, 1.165) is 16.9 Å². The Morgan fingerprint density at radius 2 is 1.82 bits per heavy atom. The minimum absolute atomic E-state index is 0.246. The molecule has 0 atom stereocenters. The second kappa shape index (κ2) is 10.7. The highest BCUT2D eigenvalue weighted by molar-refractivity contribution is 7.89. The van der Waals surface area contributed by atoms with Crippen LogP contribution in [0.4, 0.5) is 0 Å². The zero-order valence-electron chi connectivity index (χ0n) is 16.5. The standard InChI is InChI=1S/C20H28N4O3S/c1-4-21-20(23-15-17-11-10-16(2)14-19(17)27-3)22-12-13-24-28(25,26)18-8-6-5-7-9-18/h5-11,14,24H,4,12-13,15H2,1-3H3,(H2,21,22,23). The normalized spacial score (nSPS) is 11.9. The molecule has 0 aliphatic rings. The first-order valence-corrected chi connectivity index (χ1v) is 10.6. The summed E-state index contributed by atoms with van der Waals surface area (Å²) in [7, 11) is -1.86. The Balaban J connectivity index is 1.91. The molecule has 0 heterocycles. The van der Waals surface area contributed by atoms with Gasteiger partial charge in [-0.05, 0) is 37.6 Å². The van der Waals surface area contributed by atoms with Crippen LogP contribution in [-0.4, -0.2) is 41.1 Å². The second-order valence-electron chi connectivity index (χ2n) is 6.15. The highest BCUT2D eigenvalue weighted by Gasteiger charge is 2.12. The average molecular weight is 405 g/mol. The van der Waals surface area contributed by atoms with Gasteiger partial charge in [-0.1, -0.05) is 30.3 Å². The van der Waals surface area contributed by atoms with Crippen LogP contribution in [0, 0.1) is 6.92 Å². The van der Waals surface area contributed by atoms with E-state index in [9.17, 15) is 8.42 Å². The maximum absolute atomic E-state index is 12.2. The van der Waals surface area contributed by atoms with Crippen LogP contribution < -0.4 is 20.1 Å². The van der Waals surface area contributed by atoms with Crippen molar-refractivity contribution in [3.8, 4) is 5.75 Å². The summed E-state index contributed by atoms with van der Waals surface area (Å²) in [6, 6.07) is 14.3. The summed E-state index contributed by atoms with van der Waals surface area (Å²) < 4.78 is 32.4. The average Bonchev–Trinajstić information content (AvgIpc) is 2.70. The molecule has 0 saturated heterocycles. The Morgan fingerprint density at radius 3 is 2.50 bits per heavy atom. The quantitative estimate of drug-likeness (QED) is 0.338. The van der Waals surface area contributed by atoms with E-state index in [1.165, 1.54) is 0 Å². The lowest BCUT2D eigenvalue weighted by atomic mass is 10.1. The van der Waals surface area contributed by atoms with Crippen molar-refractivity contribution < 1.29 is 13.2 Å². The molecule has 2 rings (SSSR count). The molecule has 2 aromatic rings. The number of ether oxygens (including phenoxy) is 1. The summed E-state index contributed by atoms with van der Waals surface area (Å²) in [5.74, 6) is 1.42. The SMILES string of the molecule is CCNC(=NCc1ccc(C)cc1OC)NCCNS(=O)(=O)c1ccccc1. The fourth-order valence-electron chi connectivity index (χ4n) is 2.54. The Morgan fingerprint density at radius 1 is 1.07 bits per heavy atom. The number of hydrogen-bond acceptors (Lipinski definition) is 4. The predicted octanol–water partition coefficient (Wildman–Crippen LogP) is 2.04. The third-order valence-corrected chi connectivity index (χ3v) is 5.43. The van der Waals surface area contributed by atoms with Crippen molar-refractivity contribution in [2.24, 2.45) is 4.99 Å². The van der Waals surface area contributed by atoms with Gasteiger partial charge in [-0.3, -0.25) is 0 Å². The minimum Gasteiger partial charge on any atom is -0.496 e. The molecule has 0 saturated carbocycles. The molecule has 0 aliphatic heterocycles. The van der Waals surface area contributed by atoms with Crippen LogP contribution in [0.25, 0.3) is 0 Å². The molecule has 0 unspecified atom stereocenters. The molecule has 152 valence electrons. The second-order valence-corrected chi connectivity index (χ2v) is 7.92. The van der Waals surface area contributed by atoms with E-state index < -0.39 is 10.0 Å². The van der Waals surface area contributed by atoms with E-state index in [1.54, 1.807) is 37.4 Å². The van der Waals surface area contributed by atoms with Crippen molar-refractivity contribution in [1.82, 2.24) is 15.4 Å². The number of hydrogen-bond donors (Lipinski definition) is 3. The predicted molar refractivity (Wildman–Crippen MR) is 112 cm³/mol. The van der Waals surface area contributed by atoms with Crippen LogP contribution in [0.1, 0.15) is 18.1 Å². The number of guanidine groups is 1. The van der Waals surface area contributed by atoms with Gasteiger partial charge in [0.15, 0.2) is 5.96 Å². The van der Waals surface area contributed by atoms with Gasteiger partial charge in [-0.2, -0.15) is 0 Å². The Kier molecular flexibility index (Phi) is 8.28. The molecule has 0 spiro atoms. The fourth-order valence-corrected chi connectivity index (χ4v) is 3.59. The van der Waals surface area contributed by atoms with Crippen molar-refractivity contribution in [3.63, 3.8) is 0 Å². The number of sulfonamides is 1. The van der Waals surface area contributed by atoms with Gasteiger partial charge in [-0.15, -0.1) is 0 Å². The van der Waals surface area contributed by atoms with E-state index in [2.05, 4.69) is 20.3 Å². The minimum atomic E-state index is -3.51.